The second-order valence-corrected chi connectivity index (χ2v) is 3.32. The molecule has 2 heterocycles. The zero-order valence-corrected chi connectivity index (χ0v) is 8.81. The first-order valence-electron chi connectivity index (χ1n) is 4.76. The molecule has 0 aliphatic rings. The van der Waals surface area contributed by atoms with Gasteiger partial charge in [-0.15, -0.1) is 0 Å². The van der Waals surface area contributed by atoms with Gasteiger partial charge in [0.15, 0.2) is 0 Å². The van der Waals surface area contributed by atoms with Crippen LogP contribution in [0, 0.1) is 6.92 Å². The van der Waals surface area contributed by atoms with Crippen molar-refractivity contribution in [2.75, 3.05) is 5.32 Å². The summed E-state index contributed by atoms with van der Waals surface area (Å²) in [6, 6.07) is 3.82. The second-order valence-electron chi connectivity index (χ2n) is 3.32. The van der Waals surface area contributed by atoms with Crippen LogP contribution in [0.25, 0.3) is 0 Å². The molecule has 1 N–H and O–H groups in total. The minimum absolute atomic E-state index is 0.667. The Balaban J connectivity index is 1.99. The lowest BCUT2D eigenvalue weighted by atomic mass is 10.4. The van der Waals surface area contributed by atoms with Crippen LogP contribution in [0.5, 0.6) is 0 Å². The summed E-state index contributed by atoms with van der Waals surface area (Å²) in [5.74, 6) is 1.64. The van der Waals surface area contributed by atoms with Gasteiger partial charge in [0.25, 0.3) is 0 Å². The molecule has 0 aliphatic heterocycles. The Bertz CT molecular complexity index is 449. The molecular weight excluding hydrogens is 190 g/mol. The van der Waals surface area contributed by atoms with E-state index in [0.29, 0.717) is 6.54 Å². The highest BCUT2D eigenvalue weighted by molar-refractivity contribution is 5.32. The van der Waals surface area contributed by atoms with E-state index in [-0.39, 0.29) is 0 Å². The van der Waals surface area contributed by atoms with Gasteiger partial charge in [0.1, 0.15) is 11.6 Å². The lowest BCUT2D eigenvalue weighted by molar-refractivity contribution is 0.767. The largest absolute Gasteiger partial charge is 0.363 e. The molecule has 15 heavy (non-hydrogen) atoms. The molecule has 0 saturated carbocycles. The first kappa shape index (κ1) is 9.64. The minimum Gasteiger partial charge on any atom is -0.363 e. The van der Waals surface area contributed by atoms with Crippen molar-refractivity contribution in [3.05, 3.63) is 36.0 Å². The molecule has 2 aromatic rings. The summed E-state index contributed by atoms with van der Waals surface area (Å²) in [5.41, 5.74) is 0.966. The Morgan fingerprint density at radius 2 is 2.27 bits per heavy atom. The van der Waals surface area contributed by atoms with Gasteiger partial charge in [-0.25, -0.2) is 9.97 Å². The summed E-state index contributed by atoms with van der Waals surface area (Å²) < 4.78 is 1.76. The van der Waals surface area contributed by atoms with E-state index in [9.17, 15) is 0 Å². The molecule has 0 aliphatic carbocycles. The van der Waals surface area contributed by atoms with Gasteiger partial charge in [0.2, 0.25) is 0 Å². The van der Waals surface area contributed by atoms with Gasteiger partial charge >= 0.3 is 0 Å². The third-order valence-electron chi connectivity index (χ3n) is 2.00. The quantitative estimate of drug-likeness (QED) is 0.812. The van der Waals surface area contributed by atoms with Gasteiger partial charge in [0, 0.05) is 25.5 Å². The maximum absolute atomic E-state index is 4.29. The van der Waals surface area contributed by atoms with Crippen LogP contribution in [0.2, 0.25) is 0 Å². The molecular formula is C10H13N5. The third kappa shape index (κ3) is 2.52. The van der Waals surface area contributed by atoms with Crippen LogP contribution in [0.15, 0.2) is 24.5 Å². The molecule has 0 spiro atoms. The van der Waals surface area contributed by atoms with Gasteiger partial charge < -0.3 is 5.32 Å². The standard InChI is InChI=1S/C10H13N5/c1-8-11-5-3-9(13-8)7-12-10-4-6-15(2)14-10/h3-6H,7H2,1-2H3,(H,12,14). The van der Waals surface area contributed by atoms with Gasteiger partial charge in [-0.05, 0) is 13.0 Å². The van der Waals surface area contributed by atoms with E-state index in [1.54, 1.807) is 10.9 Å². The Morgan fingerprint density at radius 1 is 1.40 bits per heavy atom. The van der Waals surface area contributed by atoms with Gasteiger partial charge in [-0.2, -0.15) is 5.10 Å². The zero-order chi connectivity index (χ0) is 10.7. The van der Waals surface area contributed by atoms with E-state index in [1.165, 1.54) is 0 Å². The third-order valence-corrected chi connectivity index (χ3v) is 2.00. The van der Waals surface area contributed by atoms with Crippen LogP contribution in [-0.2, 0) is 13.6 Å². The lowest BCUT2D eigenvalue weighted by Gasteiger charge is -2.02. The van der Waals surface area contributed by atoms with Crippen molar-refractivity contribution >= 4 is 5.82 Å². The fraction of sp³-hybridized carbons (Fsp3) is 0.300. The summed E-state index contributed by atoms with van der Waals surface area (Å²) >= 11 is 0. The summed E-state index contributed by atoms with van der Waals surface area (Å²) in [6.07, 6.45) is 3.66. The average Bonchev–Trinajstić information content (AvgIpc) is 2.62. The molecule has 0 bridgehead atoms. The smallest absolute Gasteiger partial charge is 0.148 e. The van der Waals surface area contributed by atoms with Gasteiger partial charge in [-0.1, -0.05) is 0 Å². The van der Waals surface area contributed by atoms with E-state index < -0.39 is 0 Å². The first-order chi connectivity index (χ1) is 7.24. The molecule has 0 fully saturated rings. The van der Waals surface area contributed by atoms with Crippen molar-refractivity contribution in [1.82, 2.24) is 19.7 Å². The molecule has 0 amide bonds. The van der Waals surface area contributed by atoms with Gasteiger partial charge in [-0.3, -0.25) is 4.68 Å². The topological polar surface area (TPSA) is 55.6 Å². The van der Waals surface area contributed by atoms with E-state index in [1.807, 2.05) is 32.3 Å². The van der Waals surface area contributed by atoms with Crippen LogP contribution in [0.4, 0.5) is 5.82 Å². The fourth-order valence-corrected chi connectivity index (χ4v) is 1.29. The van der Waals surface area contributed by atoms with Crippen molar-refractivity contribution in [2.24, 2.45) is 7.05 Å². The second kappa shape index (κ2) is 4.08. The van der Waals surface area contributed by atoms with Gasteiger partial charge in [0.05, 0.1) is 12.2 Å². The Morgan fingerprint density at radius 3 is 2.93 bits per heavy atom. The SMILES string of the molecule is Cc1nccc(CNc2ccn(C)n2)n1. The molecule has 0 aromatic carbocycles. The number of hydrogen-bond acceptors (Lipinski definition) is 4. The highest BCUT2D eigenvalue weighted by Crippen LogP contribution is 2.03. The summed E-state index contributed by atoms with van der Waals surface area (Å²) in [7, 11) is 1.89. The van der Waals surface area contributed by atoms with Crippen LogP contribution in [0.3, 0.4) is 0 Å². The maximum atomic E-state index is 4.29. The fourth-order valence-electron chi connectivity index (χ4n) is 1.29. The number of aryl methyl sites for hydroxylation is 2. The molecule has 0 saturated heterocycles. The maximum Gasteiger partial charge on any atom is 0.148 e. The molecule has 0 unspecified atom stereocenters. The number of anilines is 1. The normalized spacial score (nSPS) is 10.3. The zero-order valence-electron chi connectivity index (χ0n) is 8.81. The van der Waals surface area contributed by atoms with Crippen molar-refractivity contribution < 1.29 is 0 Å². The van der Waals surface area contributed by atoms with E-state index >= 15 is 0 Å². The minimum atomic E-state index is 0.667. The number of nitrogens with one attached hydrogen (secondary N) is 1. The van der Waals surface area contributed by atoms with Crippen molar-refractivity contribution in [3.63, 3.8) is 0 Å². The average molecular weight is 203 g/mol. The molecule has 78 valence electrons. The van der Waals surface area contributed by atoms with Crippen LogP contribution in [0.1, 0.15) is 11.5 Å². The molecule has 0 atom stereocenters. The predicted octanol–water partition coefficient (Wildman–Crippen LogP) is 1.13. The number of hydrogen-bond donors (Lipinski definition) is 1. The number of rotatable bonds is 3. The molecule has 2 aromatic heterocycles. The summed E-state index contributed by atoms with van der Waals surface area (Å²) in [4.78, 5) is 8.33. The van der Waals surface area contributed by atoms with Crippen LogP contribution >= 0.6 is 0 Å². The Kier molecular flexibility index (Phi) is 2.62. The predicted molar refractivity (Wildman–Crippen MR) is 57.3 cm³/mol. The van der Waals surface area contributed by atoms with E-state index in [2.05, 4.69) is 20.4 Å². The highest BCUT2D eigenvalue weighted by Gasteiger charge is 1.98. The van der Waals surface area contributed by atoms with Crippen molar-refractivity contribution in [3.8, 4) is 0 Å². The highest BCUT2D eigenvalue weighted by atomic mass is 15.3. The lowest BCUT2D eigenvalue weighted by Crippen LogP contribution is -2.04. The summed E-state index contributed by atoms with van der Waals surface area (Å²) in [6.45, 7) is 2.55. The van der Waals surface area contributed by atoms with E-state index in [0.717, 1.165) is 17.3 Å². The number of aromatic nitrogens is 4. The molecule has 5 nitrogen and oxygen atoms in total. The van der Waals surface area contributed by atoms with Crippen molar-refractivity contribution in [2.45, 2.75) is 13.5 Å². The monoisotopic (exact) mass is 203 g/mol. The van der Waals surface area contributed by atoms with Crippen LogP contribution < -0.4 is 5.32 Å². The first-order valence-corrected chi connectivity index (χ1v) is 4.76. The van der Waals surface area contributed by atoms with Crippen LogP contribution in [-0.4, -0.2) is 19.7 Å². The molecule has 5 heteroatoms. The summed E-state index contributed by atoms with van der Waals surface area (Å²) in [5, 5.41) is 7.40. The Labute approximate surface area is 88.2 Å². The molecule has 0 radical (unpaired) electrons. The number of nitrogens with zero attached hydrogens (tertiary/aromatic N) is 4. The molecule has 2 rings (SSSR count). The van der Waals surface area contributed by atoms with Crippen molar-refractivity contribution in [1.29, 1.82) is 0 Å². The Hall–Kier alpha value is -1.91. The van der Waals surface area contributed by atoms with E-state index in [4.69, 9.17) is 0 Å².